The molecular formula is C12H18N2O2. The van der Waals surface area contributed by atoms with E-state index < -0.39 is 0 Å². The molecular weight excluding hydrogens is 204 g/mol. The summed E-state index contributed by atoms with van der Waals surface area (Å²) in [5, 5.41) is 16.4. The fourth-order valence-corrected chi connectivity index (χ4v) is 1.91. The van der Waals surface area contributed by atoms with Gasteiger partial charge in [0, 0.05) is 25.7 Å². The second-order valence-electron chi connectivity index (χ2n) is 3.87. The second kappa shape index (κ2) is 5.18. The van der Waals surface area contributed by atoms with Crippen molar-refractivity contribution in [2.24, 2.45) is 0 Å². The summed E-state index contributed by atoms with van der Waals surface area (Å²) in [4.78, 5) is 0. The average Bonchev–Trinajstić information content (AvgIpc) is 2.33. The Bertz CT molecular complexity index is 349. The van der Waals surface area contributed by atoms with Gasteiger partial charge in [-0.05, 0) is 24.6 Å². The summed E-state index contributed by atoms with van der Waals surface area (Å²) in [6.07, 6.45) is 0. The average molecular weight is 222 g/mol. The highest BCUT2D eigenvalue weighted by atomic mass is 16.5. The van der Waals surface area contributed by atoms with Gasteiger partial charge in [-0.25, -0.2) is 0 Å². The predicted molar refractivity (Wildman–Crippen MR) is 62.9 cm³/mol. The largest absolute Gasteiger partial charge is 0.504 e. The molecule has 3 N–H and O–H groups in total. The summed E-state index contributed by atoms with van der Waals surface area (Å²) in [5.74, 6) is 0.766. The Balaban J connectivity index is 2.17. The van der Waals surface area contributed by atoms with E-state index in [2.05, 4.69) is 10.6 Å². The van der Waals surface area contributed by atoms with Gasteiger partial charge in [0.15, 0.2) is 11.5 Å². The van der Waals surface area contributed by atoms with E-state index in [4.69, 9.17) is 4.74 Å². The molecule has 0 aliphatic carbocycles. The van der Waals surface area contributed by atoms with Crippen LogP contribution in [0.3, 0.4) is 0 Å². The Morgan fingerprint density at radius 1 is 1.44 bits per heavy atom. The number of rotatable bonds is 3. The van der Waals surface area contributed by atoms with Gasteiger partial charge in [-0.15, -0.1) is 0 Å². The third kappa shape index (κ3) is 2.46. The first-order chi connectivity index (χ1) is 7.81. The van der Waals surface area contributed by atoms with Gasteiger partial charge >= 0.3 is 0 Å². The van der Waals surface area contributed by atoms with Crippen molar-refractivity contribution in [3.63, 3.8) is 0 Å². The molecule has 0 spiro atoms. The molecule has 0 saturated carbocycles. The first-order valence-corrected chi connectivity index (χ1v) is 5.71. The number of hydrogen-bond donors (Lipinski definition) is 3. The van der Waals surface area contributed by atoms with Crippen LogP contribution in [0.1, 0.15) is 18.5 Å². The molecule has 1 aliphatic heterocycles. The van der Waals surface area contributed by atoms with Gasteiger partial charge in [0.1, 0.15) is 0 Å². The Morgan fingerprint density at radius 3 is 3.00 bits per heavy atom. The number of ether oxygens (including phenoxy) is 1. The minimum atomic E-state index is 0.203. The molecule has 1 saturated heterocycles. The zero-order chi connectivity index (χ0) is 11.4. The lowest BCUT2D eigenvalue weighted by Crippen LogP contribution is -2.42. The molecule has 88 valence electrons. The third-order valence-corrected chi connectivity index (χ3v) is 2.73. The number of piperazine rings is 1. The van der Waals surface area contributed by atoms with Crippen LogP contribution in [0.25, 0.3) is 0 Å². The smallest absolute Gasteiger partial charge is 0.161 e. The van der Waals surface area contributed by atoms with E-state index in [1.807, 2.05) is 19.1 Å². The standard InChI is InChI=1S/C12H18N2O2/c1-2-16-12-7-9(3-4-11(12)15)10-8-13-5-6-14-10/h3-4,7,10,13-15H,2,5-6,8H2,1H3/t10-/m0/s1. The molecule has 2 rings (SSSR count). The number of phenols is 1. The van der Waals surface area contributed by atoms with Gasteiger partial charge < -0.3 is 20.5 Å². The van der Waals surface area contributed by atoms with Crippen LogP contribution >= 0.6 is 0 Å². The molecule has 16 heavy (non-hydrogen) atoms. The van der Waals surface area contributed by atoms with Crippen LogP contribution in [0.5, 0.6) is 11.5 Å². The van der Waals surface area contributed by atoms with Crippen molar-refractivity contribution < 1.29 is 9.84 Å². The fourth-order valence-electron chi connectivity index (χ4n) is 1.91. The number of hydrogen-bond acceptors (Lipinski definition) is 4. The maximum absolute atomic E-state index is 9.60. The summed E-state index contributed by atoms with van der Waals surface area (Å²) in [6.45, 7) is 5.36. The van der Waals surface area contributed by atoms with Crippen molar-refractivity contribution >= 4 is 0 Å². The molecule has 1 aromatic rings. The molecule has 0 aromatic heterocycles. The quantitative estimate of drug-likeness (QED) is 0.715. The summed E-state index contributed by atoms with van der Waals surface area (Å²) in [5.41, 5.74) is 1.15. The molecule has 4 heteroatoms. The third-order valence-electron chi connectivity index (χ3n) is 2.73. The number of nitrogens with one attached hydrogen (secondary N) is 2. The molecule has 0 radical (unpaired) electrons. The Kier molecular flexibility index (Phi) is 3.64. The minimum Gasteiger partial charge on any atom is -0.504 e. The van der Waals surface area contributed by atoms with Gasteiger partial charge in [-0.2, -0.15) is 0 Å². The number of phenolic OH excluding ortho intramolecular Hbond substituents is 1. The van der Waals surface area contributed by atoms with Crippen molar-refractivity contribution in [3.8, 4) is 11.5 Å². The SMILES string of the molecule is CCOc1cc([C@@H]2CNCCN2)ccc1O. The van der Waals surface area contributed by atoms with Crippen LogP contribution < -0.4 is 15.4 Å². The van der Waals surface area contributed by atoms with Crippen LogP contribution in [0.15, 0.2) is 18.2 Å². The Morgan fingerprint density at radius 2 is 2.31 bits per heavy atom. The van der Waals surface area contributed by atoms with Gasteiger partial charge in [-0.1, -0.05) is 6.07 Å². The molecule has 1 atom stereocenters. The fraction of sp³-hybridized carbons (Fsp3) is 0.500. The van der Waals surface area contributed by atoms with Crippen LogP contribution in [0.4, 0.5) is 0 Å². The highest BCUT2D eigenvalue weighted by Gasteiger charge is 2.15. The van der Waals surface area contributed by atoms with E-state index in [-0.39, 0.29) is 5.75 Å². The van der Waals surface area contributed by atoms with Gasteiger partial charge in [0.05, 0.1) is 6.61 Å². The highest BCUT2D eigenvalue weighted by molar-refractivity contribution is 5.43. The van der Waals surface area contributed by atoms with Gasteiger partial charge in [0.25, 0.3) is 0 Å². The minimum absolute atomic E-state index is 0.203. The van der Waals surface area contributed by atoms with Crippen molar-refractivity contribution in [2.75, 3.05) is 26.2 Å². The lowest BCUT2D eigenvalue weighted by atomic mass is 10.0. The van der Waals surface area contributed by atoms with Crippen molar-refractivity contribution in [3.05, 3.63) is 23.8 Å². The second-order valence-corrected chi connectivity index (χ2v) is 3.87. The first kappa shape index (κ1) is 11.2. The van der Waals surface area contributed by atoms with Crippen LogP contribution in [0.2, 0.25) is 0 Å². The van der Waals surface area contributed by atoms with Crippen LogP contribution in [-0.4, -0.2) is 31.3 Å². The van der Waals surface area contributed by atoms with E-state index in [9.17, 15) is 5.11 Å². The van der Waals surface area contributed by atoms with Crippen molar-refractivity contribution in [1.82, 2.24) is 10.6 Å². The maximum Gasteiger partial charge on any atom is 0.161 e. The Labute approximate surface area is 95.6 Å². The first-order valence-electron chi connectivity index (χ1n) is 5.71. The van der Waals surface area contributed by atoms with Gasteiger partial charge in [0.2, 0.25) is 0 Å². The van der Waals surface area contributed by atoms with E-state index in [1.165, 1.54) is 0 Å². The molecule has 0 amide bonds. The molecule has 1 fully saturated rings. The van der Waals surface area contributed by atoms with Crippen molar-refractivity contribution in [2.45, 2.75) is 13.0 Å². The summed E-state index contributed by atoms with van der Waals surface area (Å²) >= 11 is 0. The normalized spacial score (nSPS) is 20.7. The van der Waals surface area contributed by atoms with E-state index in [0.29, 0.717) is 18.4 Å². The Hall–Kier alpha value is -1.26. The summed E-state index contributed by atoms with van der Waals surface area (Å²) in [7, 11) is 0. The molecule has 0 unspecified atom stereocenters. The molecule has 4 nitrogen and oxygen atoms in total. The van der Waals surface area contributed by atoms with E-state index in [0.717, 1.165) is 25.2 Å². The van der Waals surface area contributed by atoms with Crippen LogP contribution in [0, 0.1) is 0 Å². The number of aromatic hydroxyl groups is 1. The highest BCUT2D eigenvalue weighted by Crippen LogP contribution is 2.29. The number of benzene rings is 1. The van der Waals surface area contributed by atoms with Gasteiger partial charge in [-0.3, -0.25) is 0 Å². The topological polar surface area (TPSA) is 53.5 Å². The molecule has 1 heterocycles. The van der Waals surface area contributed by atoms with E-state index in [1.54, 1.807) is 6.07 Å². The lowest BCUT2D eigenvalue weighted by molar-refractivity contribution is 0.316. The van der Waals surface area contributed by atoms with Crippen LogP contribution in [-0.2, 0) is 0 Å². The summed E-state index contributed by atoms with van der Waals surface area (Å²) in [6, 6.07) is 5.83. The summed E-state index contributed by atoms with van der Waals surface area (Å²) < 4.78 is 5.37. The predicted octanol–water partition coefficient (Wildman–Crippen LogP) is 1.02. The lowest BCUT2D eigenvalue weighted by Gasteiger charge is -2.25. The molecule has 1 aliphatic rings. The van der Waals surface area contributed by atoms with Crippen molar-refractivity contribution in [1.29, 1.82) is 0 Å². The zero-order valence-corrected chi connectivity index (χ0v) is 9.49. The molecule has 1 aromatic carbocycles. The molecule has 0 bridgehead atoms. The zero-order valence-electron chi connectivity index (χ0n) is 9.49. The van der Waals surface area contributed by atoms with E-state index >= 15 is 0 Å². The monoisotopic (exact) mass is 222 g/mol. The maximum atomic E-state index is 9.60.